The van der Waals surface area contributed by atoms with Crippen molar-refractivity contribution in [2.45, 2.75) is 0 Å². The Morgan fingerprint density at radius 2 is 1.88 bits per heavy atom. The molecule has 0 aliphatic rings. The van der Waals surface area contributed by atoms with Gasteiger partial charge in [-0.3, -0.25) is 5.10 Å². The normalized spacial score (nSPS) is 10.8. The number of aromatic amines is 1. The van der Waals surface area contributed by atoms with Gasteiger partial charge in [-0.2, -0.15) is 5.10 Å². The quantitative estimate of drug-likeness (QED) is 0.627. The molecule has 16 heavy (non-hydrogen) atoms. The Morgan fingerprint density at radius 1 is 1.19 bits per heavy atom. The summed E-state index contributed by atoms with van der Waals surface area (Å²) in [4.78, 5) is 0. The topological polar surface area (TPSA) is 54.7 Å². The molecule has 0 saturated carbocycles. The maximum absolute atomic E-state index is 13.6. The van der Waals surface area contributed by atoms with Crippen LogP contribution in [0, 0.1) is 17.5 Å². The molecule has 7 heteroatoms. The van der Waals surface area contributed by atoms with E-state index in [2.05, 4.69) is 26.1 Å². The first-order chi connectivity index (χ1) is 7.52. The van der Waals surface area contributed by atoms with Crippen molar-refractivity contribution < 1.29 is 13.2 Å². The summed E-state index contributed by atoms with van der Waals surface area (Å²) in [5, 5.41) is 5.95. The Kier molecular flexibility index (Phi) is 2.63. The summed E-state index contributed by atoms with van der Waals surface area (Å²) in [6.45, 7) is 0. The van der Waals surface area contributed by atoms with Gasteiger partial charge in [0, 0.05) is 11.1 Å². The predicted molar refractivity (Wildman–Crippen MR) is 56.0 cm³/mol. The SMILES string of the molecule is Nc1[nH]ncc1-c1cc(F)c(F)c(Br)c1F. The second kappa shape index (κ2) is 3.82. The fraction of sp³-hybridized carbons (Fsp3) is 0. The van der Waals surface area contributed by atoms with Gasteiger partial charge in [-0.05, 0) is 22.0 Å². The van der Waals surface area contributed by atoms with Crippen LogP contribution in [-0.4, -0.2) is 10.2 Å². The Labute approximate surface area is 96.6 Å². The minimum absolute atomic E-state index is 0.0804. The molecular weight excluding hydrogens is 287 g/mol. The molecular formula is C9H5BrF3N3. The zero-order chi connectivity index (χ0) is 11.9. The first-order valence-electron chi connectivity index (χ1n) is 4.14. The van der Waals surface area contributed by atoms with Gasteiger partial charge in [0.15, 0.2) is 11.6 Å². The molecule has 0 amide bonds. The van der Waals surface area contributed by atoms with E-state index in [9.17, 15) is 13.2 Å². The number of nitrogens with two attached hydrogens (primary N) is 1. The molecule has 0 spiro atoms. The highest BCUT2D eigenvalue weighted by Crippen LogP contribution is 2.33. The van der Waals surface area contributed by atoms with Crippen molar-refractivity contribution in [3.63, 3.8) is 0 Å². The molecule has 0 saturated heterocycles. The van der Waals surface area contributed by atoms with Crippen LogP contribution in [0.4, 0.5) is 19.0 Å². The molecule has 0 fully saturated rings. The van der Waals surface area contributed by atoms with Gasteiger partial charge < -0.3 is 5.73 Å². The summed E-state index contributed by atoms with van der Waals surface area (Å²) >= 11 is 2.63. The minimum Gasteiger partial charge on any atom is -0.384 e. The van der Waals surface area contributed by atoms with Crippen LogP contribution in [-0.2, 0) is 0 Å². The Hall–Kier alpha value is -1.50. The lowest BCUT2D eigenvalue weighted by molar-refractivity contribution is 0.489. The van der Waals surface area contributed by atoms with Crippen molar-refractivity contribution in [2.24, 2.45) is 0 Å². The molecule has 0 aliphatic carbocycles. The summed E-state index contributed by atoms with van der Waals surface area (Å²) < 4.78 is 39.2. The van der Waals surface area contributed by atoms with Crippen LogP contribution in [0.2, 0.25) is 0 Å². The average Bonchev–Trinajstić information content (AvgIpc) is 2.67. The van der Waals surface area contributed by atoms with Crippen LogP contribution in [0.5, 0.6) is 0 Å². The van der Waals surface area contributed by atoms with Gasteiger partial charge in [0.25, 0.3) is 0 Å². The number of rotatable bonds is 1. The summed E-state index contributed by atoms with van der Waals surface area (Å²) in [7, 11) is 0. The third-order valence-corrected chi connectivity index (χ3v) is 2.76. The van der Waals surface area contributed by atoms with Crippen molar-refractivity contribution in [1.82, 2.24) is 10.2 Å². The predicted octanol–water partition coefficient (Wildman–Crippen LogP) is 2.84. The van der Waals surface area contributed by atoms with Crippen molar-refractivity contribution in [3.05, 3.63) is 34.2 Å². The van der Waals surface area contributed by atoms with Gasteiger partial charge in [-0.25, -0.2) is 13.2 Å². The zero-order valence-electron chi connectivity index (χ0n) is 7.69. The fourth-order valence-electron chi connectivity index (χ4n) is 1.28. The van der Waals surface area contributed by atoms with E-state index in [4.69, 9.17) is 5.73 Å². The van der Waals surface area contributed by atoms with E-state index in [1.807, 2.05) is 0 Å². The number of nitrogens with zero attached hydrogens (tertiary/aromatic N) is 1. The van der Waals surface area contributed by atoms with Crippen molar-refractivity contribution in [1.29, 1.82) is 0 Å². The largest absolute Gasteiger partial charge is 0.384 e. The fourth-order valence-corrected chi connectivity index (χ4v) is 1.68. The molecule has 84 valence electrons. The van der Waals surface area contributed by atoms with Gasteiger partial charge in [0.2, 0.25) is 0 Å². The number of hydrogen-bond donors (Lipinski definition) is 2. The van der Waals surface area contributed by atoms with E-state index in [0.717, 1.165) is 6.07 Å². The average molecular weight is 292 g/mol. The van der Waals surface area contributed by atoms with Gasteiger partial charge in [-0.1, -0.05) is 0 Å². The third-order valence-electron chi connectivity index (χ3n) is 2.06. The molecule has 1 aromatic carbocycles. The van der Waals surface area contributed by atoms with Gasteiger partial charge >= 0.3 is 0 Å². The number of H-pyrrole nitrogens is 1. The van der Waals surface area contributed by atoms with Crippen LogP contribution >= 0.6 is 15.9 Å². The summed E-state index contributed by atoms with van der Waals surface area (Å²) in [5.74, 6) is -3.28. The Morgan fingerprint density at radius 3 is 2.44 bits per heavy atom. The van der Waals surface area contributed by atoms with E-state index >= 15 is 0 Å². The van der Waals surface area contributed by atoms with E-state index in [1.54, 1.807) is 0 Å². The van der Waals surface area contributed by atoms with Gasteiger partial charge in [0.1, 0.15) is 11.6 Å². The van der Waals surface area contributed by atoms with Crippen LogP contribution < -0.4 is 5.73 Å². The van der Waals surface area contributed by atoms with E-state index < -0.39 is 21.9 Å². The lowest BCUT2D eigenvalue weighted by Gasteiger charge is -2.05. The van der Waals surface area contributed by atoms with Gasteiger partial charge in [-0.15, -0.1) is 0 Å². The van der Waals surface area contributed by atoms with Crippen LogP contribution in [0.3, 0.4) is 0 Å². The molecule has 1 heterocycles. The lowest BCUT2D eigenvalue weighted by atomic mass is 10.1. The molecule has 0 atom stereocenters. The molecule has 1 aromatic heterocycles. The van der Waals surface area contributed by atoms with Crippen molar-refractivity contribution in [3.8, 4) is 11.1 Å². The smallest absolute Gasteiger partial charge is 0.175 e. The monoisotopic (exact) mass is 291 g/mol. The number of benzene rings is 1. The maximum Gasteiger partial charge on any atom is 0.175 e. The molecule has 0 unspecified atom stereocenters. The minimum atomic E-state index is -1.27. The molecule has 0 aliphatic heterocycles. The van der Waals surface area contributed by atoms with Gasteiger partial charge in [0.05, 0.1) is 10.7 Å². The highest BCUT2D eigenvalue weighted by Gasteiger charge is 2.19. The second-order valence-electron chi connectivity index (χ2n) is 3.05. The first kappa shape index (κ1) is 11.0. The summed E-state index contributed by atoms with van der Waals surface area (Å²) in [6.07, 6.45) is 1.23. The molecule has 3 N–H and O–H groups in total. The van der Waals surface area contributed by atoms with E-state index in [0.29, 0.717) is 0 Å². The van der Waals surface area contributed by atoms with Crippen LogP contribution in [0.1, 0.15) is 0 Å². The molecule has 0 bridgehead atoms. The van der Waals surface area contributed by atoms with Crippen molar-refractivity contribution >= 4 is 21.7 Å². The lowest BCUT2D eigenvalue weighted by Crippen LogP contribution is -1.96. The standard InChI is InChI=1S/C9H5BrF3N3/c10-6-7(12)3(1-5(11)8(6)13)4-2-15-16-9(4)14/h1-2H,(H3,14,15,16). The number of hydrogen-bond acceptors (Lipinski definition) is 2. The number of nitrogens with one attached hydrogen (secondary N) is 1. The second-order valence-corrected chi connectivity index (χ2v) is 3.84. The molecule has 2 aromatic rings. The van der Waals surface area contributed by atoms with E-state index in [-0.39, 0.29) is 16.9 Å². The number of anilines is 1. The van der Waals surface area contributed by atoms with Crippen LogP contribution in [0.15, 0.2) is 16.7 Å². The highest BCUT2D eigenvalue weighted by atomic mass is 79.9. The Bertz CT molecular complexity index is 553. The van der Waals surface area contributed by atoms with Crippen LogP contribution in [0.25, 0.3) is 11.1 Å². The zero-order valence-corrected chi connectivity index (χ0v) is 9.28. The maximum atomic E-state index is 13.6. The number of halogens is 4. The van der Waals surface area contributed by atoms with Crippen molar-refractivity contribution in [2.75, 3.05) is 5.73 Å². The Balaban J connectivity index is 2.72. The summed E-state index contributed by atoms with van der Waals surface area (Å²) in [5.41, 5.74) is 5.49. The third kappa shape index (κ3) is 1.57. The first-order valence-corrected chi connectivity index (χ1v) is 4.94. The number of aromatic nitrogens is 2. The molecule has 2 rings (SSSR count). The molecule has 0 radical (unpaired) electrons. The summed E-state index contributed by atoms with van der Waals surface area (Å²) in [6, 6.07) is 0.733. The number of nitrogen functional groups attached to an aromatic ring is 1. The van der Waals surface area contributed by atoms with E-state index in [1.165, 1.54) is 6.20 Å². The molecule has 3 nitrogen and oxygen atoms in total. The highest BCUT2D eigenvalue weighted by molar-refractivity contribution is 9.10.